The zero-order valence-electron chi connectivity index (χ0n) is 22.0. The SMILES string of the molecule is Cc1cccc(N(CCCC(=O)N(Cc2ccccc2Cl)C(C)C(=O)NCC(C)C)S(C)(=O)=O)c1C. The van der Waals surface area contributed by atoms with E-state index >= 15 is 0 Å². The van der Waals surface area contributed by atoms with Crippen molar-refractivity contribution in [3.63, 3.8) is 0 Å². The van der Waals surface area contributed by atoms with E-state index < -0.39 is 16.1 Å². The van der Waals surface area contributed by atoms with Gasteiger partial charge in [0, 0.05) is 31.1 Å². The van der Waals surface area contributed by atoms with Crippen LogP contribution in [-0.4, -0.2) is 50.5 Å². The molecule has 2 rings (SSSR count). The highest BCUT2D eigenvalue weighted by molar-refractivity contribution is 7.92. The lowest BCUT2D eigenvalue weighted by atomic mass is 10.1. The van der Waals surface area contributed by atoms with E-state index in [1.165, 1.54) is 15.5 Å². The number of carbonyl (C=O) groups is 2. The number of carbonyl (C=O) groups excluding carboxylic acids is 2. The number of anilines is 1. The number of sulfonamides is 1. The quantitative estimate of drug-likeness (QED) is 0.427. The molecular formula is C27H38ClN3O4S. The minimum atomic E-state index is -3.55. The van der Waals surface area contributed by atoms with E-state index in [0.29, 0.717) is 23.7 Å². The third-order valence-electron chi connectivity index (χ3n) is 6.15. The van der Waals surface area contributed by atoms with Crippen LogP contribution in [0.2, 0.25) is 5.02 Å². The highest BCUT2D eigenvalue weighted by atomic mass is 35.5. The van der Waals surface area contributed by atoms with Gasteiger partial charge in [0.1, 0.15) is 6.04 Å². The predicted molar refractivity (Wildman–Crippen MR) is 147 cm³/mol. The molecule has 1 unspecified atom stereocenters. The first-order valence-electron chi connectivity index (χ1n) is 12.2. The molecule has 2 aromatic rings. The van der Waals surface area contributed by atoms with Crippen LogP contribution >= 0.6 is 11.6 Å². The first-order valence-corrected chi connectivity index (χ1v) is 14.4. The number of hydrogen-bond donors (Lipinski definition) is 1. The van der Waals surface area contributed by atoms with Crippen LogP contribution in [0.5, 0.6) is 0 Å². The molecule has 0 spiro atoms. The van der Waals surface area contributed by atoms with E-state index in [2.05, 4.69) is 5.32 Å². The number of halogens is 1. The summed E-state index contributed by atoms with van der Waals surface area (Å²) < 4.78 is 26.5. The van der Waals surface area contributed by atoms with Crippen molar-refractivity contribution in [1.29, 1.82) is 0 Å². The Bertz CT molecular complexity index is 1170. The van der Waals surface area contributed by atoms with Crippen LogP contribution in [0.1, 0.15) is 50.3 Å². The molecule has 9 heteroatoms. The summed E-state index contributed by atoms with van der Waals surface area (Å²) in [6.45, 7) is 10.4. The second-order valence-corrected chi connectivity index (χ2v) is 11.9. The van der Waals surface area contributed by atoms with E-state index in [4.69, 9.17) is 11.6 Å². The molecule has 0 radical (unpaired) electrons. The fraction of sp³-hybridized carbons (Fsp3) is 0.481. The summed E-state index contributed by atoms with van der Waals surface area (Å²) in [5.74, 6) is -0.199. The highest BCUT2D eigenvalue weighted by Crippen LogP contribution is 2.26. The Hall–Kier alpha value is -2.58. The molecule has 0 bridgehead atoms. The number of rotatable bonds is 12. The van der Waals surface area contributed by atoms with Crippen molar-refractivity contribution in [1.82, 2.24) is 10.2 Å². The van der Waals surface area contributed by atoms with Crippen molar-refractivity contribution < 1.29 is 18.0 Å². The second-order valence-electron chi connectivity index (χ2n) is 9.59. The maximum absolute atomic E-state index is 13.4. The van der Waals surface area contributed by atoms with Gasteiger partial charge >= 0.3 is 0 Å². The van der Waals surface area contributed by atoms with Gasteiger partial charge in [-0.2, -0.15) is 0 Å². The molecule has 0 heterocycles. The Balaban J connectivity index is 2.21. The van der Waals surface area contributed by atoms with Crippen molar-refractivity contribution >= 4 is 39.1 Å². The van der Waals surface area contributed by atoms with E-state index in [-0.39, 0.29) is 37.2 Å². The molecule has 1 atom stereocenters. The summed E-state index contributed by atoms with van der Waals surface area (Å²) >= 11 is 6.34. The van der Waals surface area contributed by atoms with Gasteiger partial charge in [-0.3, -0.25) is 13.9 Å². The largest absolute Gasteiger partial charge is 0.354 e. The second kappa shape index (κ2) is 13.1. The van der Waals surface area contributed by atoms with Gasteiger partial charge in [0.25, 0.3) is 0 Å². The van der Waals surface area contributed by atoms with Gasteiger partial charge < -0.3 is 10.2 Å². The summed E-state index contributed by atoms with van der Waals surface area (Å²) in [5, 5.41) is 3.41. The zero-order valence-corrected chi connectivity index (χ0v) is 23.6. The van der Waals surface area contributed by atoms with E-state index in [0.717, 1.165) is 16.7 Å². The summed E-state index contributed by atoms with van der Waals surface area (Å²) in [4.78, 5) is 27.7. The molecule has 2 amide bonds. The molecule has 198 valence electrons. The van der Waals surface area contributed by atoms with Gasteiger partial charge in [-0.25, -0.2) is 8.42 Å². The van der Waals surface area contributed by atoms with Crippen LogP contribution in [0, 0.1) is 19.8 Å². The van der Waals surface area contributed by atoms with Crippen LogP contribution in [0.4, 0.5) is 5.69 Å². The van der Waals surface area contributed by atoms with Crippen LogP contribution in [0.3, 0.4) is 0 Å². The van der Waals surface area contributed by atoms with E-state index in [9.17, 15) is 18.0 Å². The average molecular weight is 536 g/mol. The maximum Gasteiger partial charge on any atom is 0.242 e. The van der Waals surface area contributed by atoms with Gasteiger partial charge in [0.2, 0.25) is 21.8 Å². The Morgan fingerprint density at radius 1 is 1.03 bits per heavy atom. The number of benzene rings is 2. The van der Waals surface area contributed by atoms with Crippen LogP contribution in [-0.2, 0) is 26.2 Å². The smallest absolute Gasteiger partial charge is 0.242 e. The molecule has 0 fully saturated rings. The number of nitrogens with one attached hydrogen (secondary N) is 1. The molecule has 0 aliphatic carbocycles. The maximum atomic E-state index is 13.4. The normalized spacial score (nSPS) is 12.3. The molecule has 0 aliphatic rings. The van der Waals surface area contributed by atoms with Crippen molar-refractivity contribution in [3.05, 3.63) is 64.2 Å². The number of amides is 2. The van der Waals surface area contributed by atoms with Gasteiger partial charge in [0.05, 0.1) is 11.9 Å². The minimum absolute atomic E-state index is 0.0864. The number of nitrogens with zero attached hydrogens (tertiary/aromatic N) is 2. The lowest BCUT2D eigenvalue weighted by molar-refractivity contribution is -0.140. The Labute approximate surface area is 220 Å². The van der Waals surface area contributed by atoms with Crippen LogP contribution in [0.25, 0.3) is 0 Å². The van der Waals surface area contributed by atoms with E-state index in [1.54, 1.807) is 19.1 Å². The number of hydrogen-bond acceptors (Lipinski definition) is 4. The Morgan fingerprint density at radius 3 is 2.31 bits per heavy atom. The number of aryl methyl sites for hydroxylation is 1. The minimum Gasteiger partial charge on any atom is -0.354 e. The third kappa shape index (κ3) is 8.23. The molecule has 7 nitrogen and oxygen atoms in total. The fourth-order valence-electron chi connectivity index (χ4n) is 3.83. The molecule has 36 heavy (non-hydrogen) atoms. The first-order chi connectivity index (χ1) is 16.8. The molecular weight excluding hydrogens is 498 g/mol. The van der Waals surface area contributed by atoms with Gasteiger partial charge in [-0.05, 0) is 61.9 Å². The lowest BCUT2D eigenvalue weighted by Gasteiger charge is -2.30. The summed E-state index contributed by atoms with van der Waals surface area (Å²) in [7, 11) is -3.55. The van der Waals surface area contributed by atoms with Crippen molar-refractivity contribution in [3.8, 4) is 0 Å². The third-order valence-corrected chi connectivity index (χ3v) is 7.70. The molecule has 0 aliphatic heterocycles. The molecule has 0 saturated carbocycles. The fourth-order valence-corrected chi connectivity index (χ4v) is 5.04. The predicted octanol–water partition coefficient (Wildman–Crippen LogP) is 4.69. The lowest BCUT2D eigenvalue weighted by Crippen LogP contribution is -2.48. The monoisotopic (exact) mass is 535 g/mol. The molecule has 2 aromatic carbocycles. The summed E-state index contributed by atoms with van der Waals surface area (Å²) in [6, 6.07) is 12.0. The molecule has 0 saturated heterocycles. The standard InChI is InChI=1S/C27H38ClN3O4S/c1-19(2)17-29-27(33)22(5)30(18-23-12-7-8-13-24(23)28)26(32)15-10-16-31(36(6,34)35)25-14-9-11-20(3)21(25)4/h7-9,11-14,19,22H,10,15-18H2,1-6H3,(H,29,33). The molecule has 1 N–H and O–H groups in total. The summed E-state index contributed by atoms with van der Waals surface area (Å²) in [6.07, 6.45) is 1.56. The van der Waals surface area contributed by atoms with Gasteiger partial charge in [-0.15, -0.1) is 0 Å². The first kappa shape index (κ1) is 29.6. The molecule has 0 aromatic heterocycles. The Kier molecular flexibility index (Phi) is 10.8. The van der Waals surface area contributed by atoms with Gasteiger partial charge in [-0.1, -0.05) is 55.8 Å². The topological polar surface area (TPSA) is 86.8 Å². The van der Waals surface area contributed by atoms with Crippen molar-refractivity contribution in [2.45, 2.75) is 60.0 Å². The van der Waals surface area contributed by atoms with Crippen LogP contribution in [0.15, 0.2) is 42.5 Å². The van der Waals surface area contributed by atoms with Crippen molar-refractivity contribution in [2.24, 2.45) is 5.92 Å². The highest BCUT2D eigenvalue weighted by Gasteiger charge is 2.27. The Morgan fingerprint density at radius 2 is 1.69 bits per heavy atom. The van der Waals surface area contributed by atoms with E-state index in [1.807, 2.05) is 58.0 Å². The van der Waals surface area contributed by atoms with Gasteiger partial charge in [0.15, 0.2) is 0 Å². The van der Waals surface area contributed by atoms with Crippen LogP contribution < -0.4 is 9.62 Å². The van der Waals surface area contributed by atoms with Crippen molar-refractivity contribution in [2.75, 3.05) is 23.7 Å². The summed E-state index contributed by atoms with van der Waals surface area (Å²) in [5.41, 5.74) is 3.22. The zero-order chi connectivity index (χ0) is 27.0. The average Bonchev–Trinajstić information content (AvgIpc) is 2.80.